The van der Waals surface area contributed by atoms with E-state index >= 15 is 0 Å². The first-order valence-electron chi connectivity index (χ1n) is 6.86. The summed E-state index contributed by atoms with van der Waals surface area (Å²) in [6.07, 6.45) is 1.66. The van der Waals surface area contributed by atoms with Gasteiger partial charge in [-0.1, -0.05) is 18.2 Å². The number of hydrogen-bond donors (Lipinski definition) is 1. The number of pyridine rings is 1. The highest BCUT2D eigenvalue weighted by Gasteiger charge is 2.26. The monoisotopic (exact) mass is 306 g/mol. The molecular weight excluding hydrogens is 288 g/mol. The second-order valence-corrected chi connectivity index (χ2v) is 6.86. The molecule has 1 saturated heterocycles. The van der Waals surface area contributed by atoms with Gasteiger partial charge < -0.3 is 4.90 Å². The molecule has 0 atom stereocenters. The van der Waals surface area contributed by atoms with Crippen LogP contribution >= 0.6 is 0 Å². The molecule has 21 heavy (non-hydrogen) atoms. The third kappa shape index (κ3) is 2.99. The molecule has 0 amide bonds. The van der Waals surface area contributed by atoms with Gasteiger partial charge in [-0.2, -0.15) is 12.7 Å². The third-order valence-corrected chi connectivity index (χ3v) is 5.20. The summed E-state index contributed by atoms with van der Waals surface area (Å²) in [5, 5.41) is 0.913. The van der Waals surface area contributed by atoms with Gasteiger partial charge in [0.25, 0.3) is 0 Å². The third-order valence-electron chi connectivity index (χ3n) is 3.67. The smallest absolute Gasteiger partial charge is 0.301 e. The maximum atomic E-state index is 12.5. The molecular formula is C14H18N4O2S. The van der Waals surface area contributed by atoms with Gasteiger partial charge in [-0.3, -0.25) is 9.71 Å². The Morgan fingerprint density at radius 1 is 1.10 bits per heavy atom. The molecule has 2 heterocycles. The fraction of sp³-hybridized carbons (Fsp3) is 0.357. The summed E-state index contributed by atoms with van der Waals surface area (Å²) in [7, 11) is -1.54. The summed E-state index contributed by atoms with van der Waals surface area (Å²) in [4.78, 5) is 6.39. The number of benzene rings is 1. The number of para-hydroxylation sites is 1. The van der Waals surface area contributed by atoms with Crippen LogP contribution in [0.15, 0.2) is 36.5 Å². The van der Waals surface area contributed by atoms with E-state index in [1.54, 1.807) is 12.3 Å². The quantitative estimate of drug-likeness (QED) is 0.923. The molecule has 1 fully saturated rings. The van der Waals surface area contributed by atoms with Gasteiger partial charge in [-0.05, 0) is 19.2 Å². The fourth-order valence-electron chi connectivity index (χ4n) is 2.42. The van der Waals surface area contributed by atoms with Crippen molar-refractivity contribution in [2.45, 2.75) is 0 Å². The second kappa shape index (κ2) is 5.59. The number of aromatic nitrogens is 1. The largest absolute Gasteiger partial charge is 0.304 e. The highest BCUT2D eigenvalue weighted by Crippen LogP contribution is 2.22. The van der Waals surface area contributed by atoms with Crippen molar-refractivity contribution in [1.29, 1.82) is 0 Å². The van der Waals surface area contributed by atoms with Crippen LogP contribution in [0.2, 0.25) is 0 Å². The van der Waals surface area contributed by atoms with E-state index in [0.717, 1.165) is 18.5 Å². The van der Waals surface area contributed by atoms with Gasteiger partial charge in [0.2, 0.25) is 0 Å². The number of nitrogens with zero attached hydrogens (tertiary/aromatic N) is 3. The van der Waals surface area contributed by atoms with Crippen LogP contribution in [-0.4, -0.2) is 55.8 Å². The van der Waals surface area contributed by atoms with Gasteiger partial charge in [0.05, 0.1) is 11.2 Å². The van der Waals surface area contributed by atoms with E-state index in [2.05, 4.69) is 14.6 Å². The van der Waals surface area contributed by atoms with Crippen molar-refractivity contribution in [3.05, 3.63) is 36.5 Å². The lowest BCUT2D eigenvalue weighted by Crippen LogP contribution is -2.48. The minimum absolute atomic E-state index is 0.504. The normalized spacial score (nSPS) is 18.0. The van der Waals surface area contributed by atoms with Crippen LogP contribution in [-0.2, 0) is 10.2 Å². The van der Waals surface area contributed by atoms with Gasteiger partial charge in [-0.15, -0.1) is 0 Å². The van der Waals surface area contributed by atoms with Gasteiger partial charge in [-0.25, -0.2) is 0 Å². The van der Waals surface area contributed by atoms with Crippen molar-refractivity contribution in [2.75, 3.05) is 37.9 Å². The first-order chi connectivity index (χ1) is 10.1. The summed E-state index contributed by atoms with van der Waals surface area (Å²) >= 11 is 0. The minimum atomic E-state index is -3.53. The van der Waals surface area contributed by atoms with Crippen molar-refractivity contribution in [3.63, 3.8) is 0 Å². The van der Waals surface area contributed by atoms with Crippen LogP contribution in [0.5, 0.6) is 0 Å². The van der Waals surface area contributed by atoms with Crippen LogP contribution in [0.3, 0.4) is 0 Å². The SMILES string of the molecule is CN1CCN(S(=O)(=O)Nc2cccc3cccnc23)CC1. The van der Waals surface area contributed by atoms with Crippen molar-refractivity contribution < 1.29 is 8.42 Å². The van der Waals surface area contributed by atoms with Crippen LogP contribution < -0.4 is 4.72 Å². The van der Waals surface area contributed by atoms with E-state index in [4.69, 9.17) is 0 Å². The van der Waals surface area contributed by atoms with E-state index in [1.807, 2.05) is 31.3 Å². The Bertz CT molecular complexity index is 734. The van der Waals surface area contributed by atoms with Crippen LogP contribution in [0, 0.1) is 0 Å². The topological polar surface area (TPSA) is 65.5 Å². The molecule has 0 bridgehead atoms. The number of fused-ring (bicyclic) bond motifs is 1. The number of rotatable bonds is 3. The summed E-state index contributed by atoms with van der Waals surface area (Å²) in [5.74, 6) is 0. The lowest BCUT2D eigenvalue weighted by Gasteiger charge is -2.31. The molecule has 2 aromatic rings. The molecule has 0 aliphatic carbocycles. The molecule has 7 heteroatoms. The van der Waals surface area contributed by atoms with Crippen LogP contribution in [0.25, 0.3) is 10.9 Å². The zero-order valence-electron chi connectivity index (χ0n) is 11.9. The highest BCUT2D eigenvalue weighted by molar-refractivity contribution is 7.90. The molecule has 0 radical (unpaired) electrons. The van der Waals surface area contributed by atoms with Crippen LogP contribution in [0.1, 0.15) is 0 Å². The fourth-order valence-corrected chi connectivity index (χ4v) is 3.63. The van der Waals surface area contributed by atoms with Crippen molar-refractivity contribution >= 4 is 26.8 Å². The number of hydrogen-bond acceptors (Lipinski definition) is 4. The van der Waals surface area contributed by atoms with E-state index in [-0.39, 0.29) is 0 Å². The minimum Gasteiger partial charge on any atom is -0.304 e. The lowest BCUT2D eigenvalue weighted by atomic mass is 10.2. The molecule has 1 aliphatic rings. The molecule has 6 nitrogen and oxygen atoms in total. The summed E-state index contributed by atoms with van der Waals surface area (Å²) in [6, 6.07) is 9.22. The number of anilines is 1. The molecule has 1 aromatic carbocycles. The molecule has 0 spiro atoms. The summed E-state index contributed by atoms with van der Waals surface area (Å²) < 4.78 is 29.1. The lowest BCUT2D eigenvalue weighted by molar-refractivity contribution is 0.223. The Balaban J connectivity index is 1.87. The van der Waals surface area contributed by atoms with Gasteiger partial charge in [0.15, 0.2) is 0 Å². The first kappa shape index (κ1) is 14.2. The van der Waals surface area contributed by atoms with Gasteiger partial charge in [0.1, 0.15) is 0 Å². The van der Waals surface area contributed by atoms with Crippen molar-refractivity contribution in [2.24, 2.45) is 0 Å². The van der Waals surface area contributed by atoms with Crippen molar-refractivity contribution in [3.8, 4) is 0 Å². The van der Waals surface area contributed by atoms with E-state index in [9.17, 15) is 8.42 Å². The maximum absolute atomic E-state index is 12.5. The first-order valence-corrected chi connectivity index (χ1v) is 8.30. The molecule has 1 aliphatic heterocycles. The summed E-state index contributed by atoms with van der Waals surface area (Å²) in [5.41, 5.74) is 1.18. The van der Waals surface area contributed by atoms with E-state index in [1.165, 1.54) is 4.31 Å². The molecule has 0 saturated carbocycles. The zero-order valence-corrected chi connectivity index (χ0v) is 12.7. The molecule has 1 aromatic heterocycles. The maximum Gasteiger partial charge on any atom is 0.301 e. The standard InChI is InChI=1S/C14H18N4O2S/c1-17-8-10-18(11-9-17)21(19,20)16-13-6-2-4-12-5-3-7-15-14(12)13/h2-7,16H,8-11H2,1H3. The molecule has 3 rings (SSSR count). The number of piperazine rings is 1. The van der Waals surface area contributed by atoms with E-state index in [0.29, 0.717) is 24.3 Å². The molecule has 112 valence electrons. The predicted molar refractivity (Wildman–Crippen MR) is 83.4 cm³/mol. The molecule has 0 unspecified atom stereocenters. The Labute approximate surface area is 124 Å². The van der Waals surface area contributed by atoms with Gasteiger partial charge in [0, 0.05) is 37.8 Å². The average Bonchev–Trinajstić information content (AvgIpc) is 2.48. The Morgan fingerprint density at radius 2 is 1.81 bits per heavy atom. The Morgan fingerprint density at radius 3 is 2.57 bits per heavy atom. The predicted octanol–water partition coefficient (Wildman–Crippen LogP) is 1.14. The Hall–Kier alpha value is -1.70. The Kier molecular flexibility index (Phi) is 3.79. The summed E-state index contributed by atoms with van der Waals surface area (Å²) in [6.45, 7) is 2.50. The average molecular weight is 306 g/mol. The molecule has 1 N–H and O–H groups in total. The second-order valence-electron chi connectivity index (χ2n) is 5.19. The highest BCUT2D eigenvalue weighted by atomic mass is 32.2. The zero-order chi connectivity index (χ0) is 14.9. The number of likely N-dealkylation sites (N-methyl/N-ethyl adjacent to an activating group) is 1. The van der Waals surface area contributed by atoms with E-state index < -0.39 is 10.2 Å². The number of nitrogens with one attached hydrogen (secondary N) is 1. The van der Waals surface area contributed by atoms with Crippen LogP contribution in [0.4, 0.5) is 5.69 Å². The van der Waals surface area contributed by atoms with Crippen molar-refractivity contribution in [1.82, 2.24) is 14.2 Å². The van der Waals surface area contributed by atoms with Gasteiger partial charge >= 0.3 is 10.2 Å².